The van der Waals surface area contributed by atoms with Crippen LogP contribution >= 0.6 is 15.9 Å². The van der Waals surface area contributed by atoms with Gasteiger partial charge in [0.15, 0.2) is 11.5 Å². The van der Waals surface area contributed by atoms with Crippen LogP contribution in [0.15, 0.2) is 69.9 Å². The first-order valence-corrected chi connectivity index (χ1v) is 8.33. The maximum absolute atomic E-state index is 12.3. The van der Waals surface area contributed by atoms with Gasteiger partial charge < -0.3 is 10.4 Å². The fourth-order valence-electron chi connectivity index (χ4n) is 2.86. The molecule has 4 rings (SSSR count). The number of amides is 2. The van der Waals surface area contributed by atoms with Crippen LogP contribution in [0.2, 0.25) is 0 Å². The molecule has 6 nitrogen and oxygen atoms in total. The van der Waals surface area contributed by atoms with Crippen LogP contribution in [0, 0.1) is 0 Å². The van der Waals surface area contributed by atoms with Gasteiger partial charge in [-0.25, -0.2) is 5.01 Å². The number of carbonyl (C=O) groups is 2. The van der Waals surface area contributed by atoms with Crippen molar-refractivity contribution in [2.75, 3.05) is 5.32 Å². The van der Waals surface area contributed by atoms with Crippen LogP contribution in [-0.2, 0) is 9.59 Å². The maximum atomic E-state index is 12.3. The quantitative estimate of drug-likeness (QED) is 0.816. The van der Waals surface area contributed by atoms with Crippen molar-refractivity contribution in [3.8, 4) is 0 Å². The normalized spacial score (nSPS) is 20.7. The minimum absolute atomic E-state index is 0.133. The molecular formula is C18H12BrN3O3. The van der Waals surface area contributed by atoms with E-state index in [2.05, 4.69) is 26.3 Å². The number of nitrogens with zero attached hydrogens (tertiary/aromatic N) is 2. The Balaban J connectivity index is 1.79. The van der Waals surface area contributed by atoms with Crippen LogP contribution in [0.5, 0.6) is 0 Å². The lowest BCUT2D eigenvalue weighted by Gasteiger charge is -2.19. The van der Waals surface area contributed by atoms with Crippen molar-refractivity contribution < 1.29 is 14.7 Å². The van der Waals surface area contributed by atoms with Gasteiger partial charge in [0.2, 0.25) is 0 Å². The van der Waals surface area contributed by atoms with Gasteiger partial charge in [0.1, 0.15) is 6.04 Å². The fourth-order valence-corrected chi connectivity index (χ4v) is 3.22. The molecule has 25 heavy (non-hydrogen) atoms. The number of hydrogen-bond acceptors (Lipinski definition) is 4. The van der Waals surface area contributed by atoms with Gasteiger partial charge in [-0.05, 0) is 29.8 Å². The molecule has 2 N–H and O–H groups in total. The molecule has 2 heterocycles. The predicted molar refractivity (Wildman–Crippen MR) is 96.0 cm³/mol. The molecule has 2 amide bonds. The third-order valence-corrected chi connectivity index (χ3v) is 4.55. The van der Waals surface area contributed by atoms with E-state index in [0.717, 1.165) is 15.0 Å². The molecule has 2 aromatic rings. The molecular weight excluding hydrogens is 386 g/mol. The van der Waals surface area contributed by atoms with Gasteiger partial charge in [-0.2, -0.15) is 5.10 Å². The summed E-state index contributed by atoms with van der Waals surface area (Å²) in [5.41, 5.74) is 2.16. The van der Waals surface area contributed by atoms with E-state index in [-0.39, 0.29) is 17.4 Å². The Hall–Kier alpha value is -2.93. The Morgan fingerprint density at radius 1 is 1.12 bits per heavy atom. The number of aliphatic hydroxyl groups excluding tert-OH is 1. The molecule has 0 bridgehead atoms. The average Bonchev–Trinajstić information content (AvgIpc) is 3.07. The van der Waals surface area contributed by atoms with Gasteiger partial charge in [-0.15, -0.1) is 0 Å². The monoisotopic (exact) mass is 397 g/mol. The topological polar surface area (TPSA) is 82.0 Å². The number of hydrogen-bond donors (Lipinski definition) is 2. The Morgan fingerprint density at radius 3 is 2.64 bits per heavy atom. The molecule has 0 fully saturated rings. The Bertz CT molecular complexity index is 953. The lowest BCUT2D eigenvalue weighted by Crippen LogP contribution is -2.28. The van der Waals surface area contributed by atoms with Crippen LogP contribution in [0.1, 0.15) is 17.2 Å². The van der Waals surface area contributed by atoms with Crippen LogP contribution in [0.4, 0.5) is 5.69 Å². The first kappa shape index (κ1) is 15.6. The molecule has 2 aliphatic heterocycles. The number of benzene rings is 2. The second-order valence-corrected chi connectivity index (χ2v) is 6.57. The first-order valence-electron chi connectivity index (χ1n) is 7.54. The van der Waals surface area contributed by atoms with E-state index in [1.807, 2.05) is 36.4 Å². The summed E-state index contributed by atoms with van der Waals surface area (Å²) in [7, 11) is 0. The lowest BCUT2D eigenvalue weighted by molar-refractivity contribution is -0.129. The lowest BCUT2D eigenvalue weighted by atomic mass is 10.1. The summed E-state index contributed by atoms with van der Waals surface area (Å²) < 4.78 is 0.795. The third kappa shape index (κ3) is 2.62. The summed E-state index contributed by atoms with van der Waals surface area (Å²) in [4.78, 5) is 24.6. The van der Waals surface area contributed by atoms with Crippen molar-refractivity contribution in [2.45, 2.75) is 6.04 Å². The number of anilines is 1. The van der Waals surface area contributed by atoms with Crippen molar-refractivity contribution >= 4 is 39.1 Å². The van der Waals surface area contributed by atoms with E-state index < -0.39 is 11.9 Å². The van der Waals surface area contributed by atoms with Gasteiger partial charge in [0.05, 0.1) is 5.69 Å². The minimum Gasteiger partial charge on any atom is -0.503 e. The molecule has 0 radical (unpaired) electrons. The number of hydrazone groups is 1. The van der Waals surface area contributed by atoms with Crippen molar-refractivity contribution in [1.82, 2.24) is 5.01 Å². The Morgan fingerprint density at radius 2 is 1.88 bits per heavy atom. The molecule has 0 unspecified atom stereocenters. The molecule has 0 saturated carbocycles. The zero-order valence-corrected chi connectivity index (χ0v) is 14.4. The molecule has 2 aromatic carbocycles. The van der Waals surface area contributed by atoms with Gasteiger partial charge in [-0.1, -0.05) is 46.3 Å². The highest BCUT2D eigenvalue weighted by Crippen LogP contribution is 2.33. The summed E-state index contributed by atoms with van der Waals surface area (Å²) in [5.74, 6) is -1.41. The zero-order valence-electron chi connectivity index (χ0n) is 12.8. The van der Waals surface area contributed by atoms with Gasteiger partial charge in [0, 0.05) is 10.0 Å². The molecule has 124 valence electrons. The van der Waals surface area contributed by atoms with Crippen LogP contribution in [-0.4, -0.2) is 27.6 Å². The van der Waals surface area contributed by atoms with E-state index >= 15 is 0 Å². The molecule has 7 heteroatoms. The largest absolute Gasteiger partial charge is 0.503 e. The van der Waals surface area contributed by atoms with E-state index in [0.29, 0.717) is 11.3 Å². The van der Waals surface area contributed by atoms with Gasteiger partial charge in [-0.3, -0.25) is 9.59 Å². The smallest absolute Gasteiger partial charge is 0.309 e. The summed E-state index contributed by atoms with van der Waals surface area (Å²) >= 11 is 3.37. The highest BCUT2D eigenvalue weighted by Gasteiger charge is 2.36. The van der Waals surface area contributed by atoms with Crippen molar-refractivity contribution in [3.63, 3.8) is 0 Å². The first-order chi connectivity index (χ1) is 12.0. The molecule has 2 aliphatic rings. The number of fused-ring (bicyclic) bond motifs is 1. The molecule has 0 saturated heterocycles. The fraction of sp³-hybridized carbons (Fsp3) is 0.0556. The van der Waals surface area contributed by atoms with E-state index in [9.17, 15) is 14.7 Å². The Labute approximate surface area is 151 Å². The SMILES string of the molecule is O=C1Nc2ccc(Br)cc2/C1=N/N1C(=O)C(O)=C[C@H]1c1ccccc1. The van der Waals surface area contributed by atoms with Gasteiger partial charge in [0.25, 0.3) is 5.91 Å². The van der Waals surface area contributed by atoms with Crippen LogP contribution in [0.3, 0.4) is 0 Å². The van der Waals surface area contributed by atoms with Crippen molar-refractivity contribution in [3.05, 3.63) is 76.0 Å². The number of aliphatic hydroxyl groups is 1. The summed E-state index contributed by atoms with van der Waals surface area (Å²) in [5, 5.41) is 18.0. The van der Waals surface area contributed by atoms with E-state index in [4.69, 9.17) is 0 Å². The highest BCUT2D eigenvalue weighted by atomic mass is 79.9. The van der Waals surface area contributed by atoms with E-state index in [1.54, 1.807) is 12.1 Å². The number of carbonyl (C=O) groups excluding carboxylic acids is 2. The van der Waals surface area contributed by atoms with Crippen LogP contribution in [0.25, 0.3) is 0 Å². The Kier molecular flexibility index (Phi) is 3.65. The molecule has 0 spiro atoms. The average molecular weight is 398 g/mol. The second-order valence-electron chi connectivity index (χ2n) is 5.65. The van der Waals surface area contributed by atoms with Gasteiger partial charge >= 0.3 is 5.91 Å². The summed E-state index contributed by atoms with van der Waals surface area (Å²) in [6, 6.07) is 14.0. The molecule has 0 aromatic heterocycles. The third-order valence-electron chi connectivity index (χ3n) is 4.06. The molecule has 1 atom stereocenters. The summed E-state index contributed by atoms with van der Waals surface area (Å²) in [6.07, 6.45) is 1.43. The maximum Gasteiger partial charge on any atom is 0.309 e. The highest BCUT2D eigenvalue weighted by molar-refractivity contribution is 9.10. The number of rotatable bonds is 2. The summed E-state index contributed by atoms with van der Waals surface area (Å²) in [6.45, 7) is 0. The number of nitrogens with one attached hydrogen (secondary N) is 1. The minimum atomic E-state index is -0.641. The van der Waals surface area contributed by atoms with Crippen LogP contribution < -0.4 is 5.32 Å². The zero-order chi connectivity index (χ0) is 17.6. The number of halogens is 1. The second kappa shape index (κ2) is 5.86. The van der Waals surface area contributed by atoms with E-state index in [1.165, 1.54) is 6.08 Å². The standard InChI is InChI=1S/C18H12BrN3O3/c19-11-6-7-13-12(8-11)16(17(24)20-13)21-22-14(9-15(23)18(22)25)10-4-2-1-3-5-10/h1-9,14,23H,(H,20,21,24)/t14-/m0/s1. The van der Waals surface area contributed by atoms with Crippen molar-refractivity contribution in [1.29, 1.82) is 0 Å². The predicted octanol–water partition coefficient (Wildman–Crippen LogP) is 3.13. The molecule has 0 aliphatic carbocycles. The van der Waals surface area contributed by atoms with Crippen molar-refractivity contribution in [2.24, 2.45) is 5.10 Å².